The summed E-state index contributed by atoms with van der Waals surface area (Å²) in [4.78, 5) is 7.76. The van der Waals surface area contributed by atoms with Crippen molar-refractivity contribution in [2.45, 2.75) is 26.3 Å². The maximum atomic E-state index is 5.45. The molecule has 0 aliphatic heterocycles. The van der Waals surface area contributed by atoms with Gasteiger partial charge in [-0.05, 0) is 25.3 Å². The fraction of sp³-hybridized carbons (Fsp3) is 0.545. The summed E-state index contributed by atoms with van der Waals surface area (Å²) in [5.74, 6) is 6.19. The number of hydrogen-bond acceptors (Lipinski definition) is 3. The normalized spacial score (nSPS) is 13.6. The molecule has 90 valence electrons. The number of nitrogens with zero attached hydrogens (tertiary/aromatic N) is 2. The van der Waals surface area contributed by atoms with Gasteiger partial charge in [0, 0.05) is 30.9 Å². The van der Waals surface area contributed by atoms with E-state index >= 15 is 0 Å². The van der Waals surface area contributed by atoms with Crippen molar-refractivity contribution in [2.24, 2.45) is 10.8 Å². The Morgan fingerprint density at radius 2 is 2.44 bits per heavy atom. The molecule has 1 heterocycles. The molecule has 5 heteroatoms. The van der Waals surface area contributed by atoms with Crippen LogP contribution in [-0.2, 0) is 6.42 Å². The van der Waals surface area contributed by atoms with Crippen molar-refractivity contribution in [3.05, 3.63) is 22.4 Å². The van der Waals surface area contributed by atoms with E-state index in [1.54, 1.807) is 11.3 Å². The molecule has 0 radical (unpaired) electrons. The van der Waals surface area contributed by atoms with Crippen LogP contribution in [0.4, 0.5) is 0 Å². The molecule has 0 amide bonds. The van der Waals surface area contributed by atoms with E-state index in [1.807, 2.05) is 14.0 Å². The van der Waals surface area contributed by atoms with E-state index in [-0.39, 0.29) is 0 Å². The minimum absolute atomic E-state index is 0.375. The lowest BCUT2D eigenvalue weighted by Crippen LogP contribution is -2.47. The molecule has 0 aliphatic carbocycles. The Morgan fingerprint density at radius 3 is 2.94 bits per heavy atom. The minimum atomic E-state index is 0.375. The van der Waals surface area contributed by atoms with Crippen LogP contribution in [0.2, 0.25) is 0 Å². The van der Waals surface area contributed by atoms with Crippen molar-refractivity contribution in [1.29, 1.82) is 0 Å². The van der Waals surface area contributed by atoms with Crippen molar-refractivity contribution in [3.8, 4) is 0 Å². The third-order valence-corrected chi connectivity index (χ3v) is 3.41. The second-order valence-corrected chi connectivity index (χ2v) is 4.72. The van der Waals surface area contributed by atoms with E-state index in [0.29, 0.717) is 6.04 Å². The predicted octanol–water partition coefficient (Wildman–Crippen LogP) is 1.45. The Morgan fingerprint density at radius 1 is 1.69 bits per heavy atom. The third kappa shape index (κ3) is 3.50. The topological polar surface area (TPSA) is 53.6 Å². The quantitative estimate of drug-likeness (QED) is 0.362. The maximum Gasteiger partial charge on any atom is 0.208 e. The molecule has 0 aromatic carbocycles. The summed E-state index contributed by atoms with van der Waals surface area (Å²) in [6, 6.07) is 4.61. The number of rotatable bonds is 4. The molecule has 1 aromatic heterocycles. The van der Waals surface area contributed by atoms with E-state index in [2.05, 4.69) is 39.8 Å². The van der Waals surface area contributed by atoms with Crippen LogP contribution in [0, 0.1) is 0 Å². The lowest BCUT2D eigenvalue weighted by Gasteiger charge is -2.27. The van der Waals surface area contributed by atoms with Crippen molar-refractivity contribution in [3.63, 3.8) is 0 Å². The average Bonchev–Trinajstić information content (AvgIpc) is 2.77. The standard InChI is InChI=1S/C11H20N4S/c1-4-13-11(14-12)15(3)9(2)8-10-6-5-7-16-10/h5-7,9H,4,8,12H2,1-3H3,(H,13,14). The van der Waals surface area contributed by atoms with Crippen molar-refractivity contribution < 1.29 is 0 Å². The van der Waals surface area contributed by atoms with Crippen LogP contribution >= 0.6 is 11.3 Å². The Bertz CT molecular complexity index is 321. The number of likely N-dealkylation sites (N-methyl/N-ethyl adjacent to an activating group) is 1. The van der Waals surface area contributed by atoms with E-state index < -0.39 is 0 Å². The fourth-order valence-corrected chi connectivity index (χ4v) is 2.30. The Hall–Kier alpha value is -1.07. The van der Waals surface area contributed by atoms with Gasteiger partial charge < -0.3 is 4.90 Å². The number of guanidine groups is 1. The van der Waals surface area contributed by atoms with Gasteiger partial charge in [-0.15, -0.1) is 11.3 Å². The molecule has 0 spiro atoms. The Labute approximate surface area is 101 Å². The first kappa shape index (κ1) is 13.0. The van der Waals surface area contributed by atoms with Gasteiger partial charge >= 0.3 is 0 Å². The molecular weight excluding hydrogens is 220 g/mol. The van der Waals surface area contributed by atoms with Gasteiger partial charge in [0.15, 0.2) is 0 Å². The van der Waals surface area contributed by atoms with Crippen LogP contribution in [0.3, 0.4) is 0 Å². The van der Waals surface area contributed by atoms with Gasteiger partial charge in [0.05, 0.1) is 0 Å². The summed E-state index contributed by atoms with van der Waals surface area (Å²) in [7, 11) is 2.01. The summed E-state index contributed by atoms with van der Waals surface area (Å²) in [5, 5.41) is 2.10. The van der Waals surface area contributed by atoms with E-state index in [4.69, 9.17) is 5.84 Å². The van der Waals surface area contributed by atoms with Crippen LogP contribution in [-0.4, -0.2) is 30.5 Å². The van der Waals surface area contributed by atoms with Gasteiger partial charge in [0.1, 0.15) is 0 Å². The summed E-state index contributed by atoms with van der Waals surface area (Å²) in [6.45, 7) is 4.90. The number of thiophene rings is 1. The second-order valence-electron chi connectivity index (χ2n) is 3.69. The molecule has 16 heavy (non-hydrogen) atoms. The zero-order valence-electron chi connectivity index (χ0n) is 10.1. The summed E-state index contributed by atoms with van der Waals surface area (Å²) in [5.41, 5.74) is 2.64. The van der Waals surface area contributed by atoms with Crippen molar-refractivity contribution in [1.82, 2.24) is 10.3 Å². The molecule has 1 aromatic rings. The van der Waals surface area contributed by atoms with Crippen molar-refractivity contribution >= 4 is 17.3 Å². The summed E-state index contributed by atoms with van der Waals surface area (Å²) >= 11 is 1.78. The number of aliphatic imine (C=N–C) groups is 1. The van der Waals surface area contributed by atoms with Crippen LogP contribution in [0.1, 0.15) is 18.7 Å². The average molecular weight is 240 g/mol. The molecule has 3 N–H and O–H groups in total. The highest BCUT2D eigenvalue weighted by atomic mass is 32.1. The first-order valence-corrected chi connectivity index (χ1v) is 6.33. The molecular formula is C11H20N4S. The first-order valence-electron chi connectivity index (χ1n) is 5.45. The fourth-order valence-electron chi connectivity index (χ4n) is 1.47. The van der Waals surface area contributed by atoms with E-state index in [9.17, 15) is 0 Å². The highest BCUT2D eigenvalue weighted by molar-refractivity contribution is 7.09. The molecule has 0 aliphatic rings. The zero-order chi connectivity index (χ0) is 12.0. The highest BCUT2D eigenvalue weighted by Crippen LogP contribution is 2.13. The number of nitrogens with two attached hydrogens (primary N) is 1. The maximum absolute atomic E-state index is 5.45. The molecule has 1 rings (SSSR count). The van der Waals surface area contributed by atoms with Gasteiger partial charge in [-0.1, -0.05) is 6.07 Å². The van der Waals surface area contributed by atoms with Crippen LogP contribution in [0.5, 0.6) is 0 Å². The molecule has 0 bridgehead atoms. The lowest BCUT2D eigenvalue weighted by atomic mass is 10.2. The van der Waals surface area contributed by atoms with Crippen LogP contribution in [0.15, 0.2) is 22.5 Å². The van der Waals surface area contributed by atoms with Gasteiger partial charge in [-0.3, -0.25) is 10.4 Å². The largest absolute Gasteiger partial charge is 0.342 e. The number of nitrogens with one attached hydrogen (secondary N) is 1. The SMILES string of the molecule is CCN=C(NN)N(C)C(C)Cc1cccs1. The highest BCUT2D eigenvalue weighted by Gasteiger charge is 2.13. The third-order valence-electron chi connectivity index (χ3n) is 2.51. The number of hydrazine groups is 1. The van der Waals surface area contributed by atoms with Gasteiger partial charge in [0.25, 0.3) is 0 Å². The van der Waals surface area contributed by atoms with Gasteiger partial charge in [0.2, 0.25) is 5.96 Å². The van der Waals surface area contributed by atoms with Gasteiger partial charge in [-0.25, -0.2) is 5.84 Å². The molecule has 4 nitrogen and oxygen atoms in total. The van der Waals surface area contributed by atoms with Crippen molar-refractivity contribution in [2.75, 3.05) is 13.6 Å². The Kier molecular flexibility index (Phi) is 5.28. The molecule has 0 saturated carbocycles. The second kappa shape index (κ2) is 6.50. The summed E-state index contributed by atoms with van der Waals surface area (Å²) in [6.07, 6.45) is 1.01. The molecule has 0 fully saturated rings. The predicted molar refractivity (Wildman–Crippen MR) is 70.5 cm³/mol. The monoisotopic (exact) mass is 240 g/mol. The van der Waals surface area contributed by atoms with E-state index in [1.165, 1.54) is 4.88 Å². The Balaban J connectivity index is 2.59. The van der Waals surface area contributed by atoms with Gasteiger partial charge in [-0.2, -0.15) is 0 Å². The summed E-state index contributed by atoms with van der Waals surface area (Å²) < 4.78 is 0. The lowest BCUT2D eigenvalue weighted by molar-refractivity contribution is 0.376. The van der Waals surface area contributed by atoms with E-state index in [0.717, 1.165) is 18.9 Å². The van der Waals surface area contributed by atoms with Crippen LogP contribution < -0.4 is 11.3 Å². The zero-order valence-corrected chi connectivity index (χ0v) is 10.9. The minimum Gasteiger partial charge on any atom is -0.342 e. The molecule has 1 unspecified atom stereocenters. The molecule has 0 saturated heterocycles. The smallest absolute Gasteiger partial charge is 0.208 e. The number of hydrogen-bond donors (Lipinski definition) is 2. The molecule has 1 atom stereocenters. The van der Waals surface area contributed by atoms with Crippen LogP contribution in [0.25, 0.3) is 0 Å². The first-order chi connectivity index (χ1) is 7.69.